The Morgan fingerprint density at radius 2 is 2.04 bits per heavy atom. The molecule has 0 saturated carbocycles. The number of halogens is 2. The summed E-state index contributed by atoms with van der Waals surface area (Å²) in [5, 5.41) is 10.1. The highest BCUT2D eigenvalue weighted by Crippen LogP contribution is 2.25. The Balaban J connectivity index is 0.00000169. The molecular formula is C19H27Cl2N3O2. The van der Waals surface area contributed by atoms with E-state index in [1.807, 2.05) is 24.0 Å². The van der Waals surface area contributed by atoms with Gasteiger partial charge in [-0.25, -0.2) is 0 Å². The molecule has 1 saturated heterocycles. The predicted octanol–water partition coefficient (Wildman–Crippen LogP) is 2.73. The SMILES string of the molecule is CCc1ccc2nc(C)cc(C(=O)N3C[C@H](CCO)[C@@H](N)C3)c2c1.Cl.Cl. The predicted molar refractivity (Wildman–Crippen MR) is 109 cm³/mol. The maximum Gasteiger partial charge on any atom is 0.254 e. The van der Waals surface area contributed by atoms with Gasteiger partial charge in [-0.15, -0.1) is 24.8 Å². The minimum Gasteiger partial charge on any atom is -0.396 e. The van der Waals surface area contributed by atoms with Crippen LogP contribution in [-0.4, -0.2) is 46.6 Å². The molecule has 2 atom stereocenters. The van der Waals surface area contributed by atoms with Crippen LogP contribution < -0.4 is 5.73 Å². The Bertz CT molecular complexity index is 770. The number of aromatic nitrogens is 1. The number of nitrogens with two attached hydrogens (primary N) is 1. The number of aliphatic hydroxyl groups is 1. The lowest BCUT2D eigenvalue weighted by molar-refractivity contribution is 0.0785. The number of benzene rings is 1. The van der Waals surface area contributed by atoms with E-state index < -0.39 is 0 Å². The second kappa shape index (κ2) is 9.51. The van der Waals surface area contributed by atoms with E-state index in [-0.39, 0.29) is 49.3 Å². The number of carbonyl (C=O) groups excluding carboxylic acids is 1. The van der Waals surface area contributed by atoms with E-state index in [2.05, 4.69) is 24.0 Å². The van der Waals surface area contributed by atoms with Crippen LogP contribution in [0, 0.1) is 12.8 Å². The van der Waals surface area contributed by atoms with Crippen LogP contribution >= 0.6 is 24.8 Å². The van der Waals surface area contributed by atoms with E-state index in [4.69, 9.17) is 10.8 Å². The molecule has 2 heterocycles. The normalized spacial score (nSPS) is 19.2. The smallest absolute Gasteiger partial charge is 0.254 e. The summed E-state index contributed by atoms with van der Waals surface area (Å²) in [6.07, 6.45) is 1.56. The van der Waals surface area contributed by atoms with Crippen molar-refractivity contribution in [2.75, 3.05) is 19.7 Å². The number of likely N-dealkylation sites (tertiary alicyclic amines) is 1. The second-order valence-electron chi connectivity index (χ2n) is 6.66. The zero-order chi connectivity index (χ0) is 17.3. The van der Waals surface area contributed by atoms with E-state index in [9.17, 15) is 4.79 Å². The standard InChI is InChI=1S/C19H25N3O2.2ClH/c1-3-13-4-5-18-15(9-13)16(8-12(2)21-18)19(24)22-10-14(6-7-23)17(20)11-22;;/h4-5,8-9,14,17,23H,3,6-7,10-11,20H2,1-2H3;2*1H/t14-,17-;;/m0../s1. The molecule has 0 spiro atoms. The van der Waals surface area contributed by atoms with E-state index in [0.29, 0.717) is 25.1 Å². The molecule has 0 unspecified atom stereocenters. The third-order valence-electron chi connectivity index (χ3n) is 4.92. The number of rotatable bonds is 4. The summed E-state index contributed by atoms with van der Waals surface area (Å²) in [5.74, 6) is 0.175. The summed E-state index contributed by atoms with van der Waals surface area (Å²) in [6.45, 7) is 5.27. The zero-order valence-electron chi connectivity index (χ0n) is 15.1. The van der Waals surface area contributed by atoms with Crippen molar-refractivity contribution in [1.29, 1.82) is 0 Å². The van der Waals surface area contributed by atoms with Crippen LogP contribution in [0.1, 0.15) is 35.0 Å². The molecule has 5 nitrogen and oxygen atoms in total. The summed E-state index contributed by atoms with van der Waals surface area (Å²) in [6, 6.07) is 7.92. The molecule has 1 fully saturated rings. The number of nitrogens with zero attached hydrogens (tertiary/aromatic N) is 2. The zero-order valence-corrected chi connectivity index (χ0v) is 16.8. The van der Waals surface area contributed by atoms with E-state index >= 15 is 0 Å². The Kier molecular flexibility index (Phi) is 8.28. The Labute approximate surface area is 166 Å². The minimum atomic E-state index is -0.0681. The van der Waals surface area contributed by atoms with Gasteiger partial charge >= 0.3 is 0 Å². The molecule has 1 aliphatic heterocycles. The molecule has 0 bridgehead atoms. The second-order valence-corrected chi connectivity index (χ2v) is 6.66. The number of aryl methyl sites for hydroxylation is 2. The number of hydrogen-bond acceptors (Lipinski definition) is 4. The van der Waals surface area contributed by atoms with Gasteiger partial charge in [-0.3, -0.25) is 9.78 Å². The molecule has 2 aromatic rings. The molecule has 144 valence electrons. The van der Waals surface area contributed by atoms with E-state index in [1.54, 1.807) is 0 Å². The number of fused-ring (bicyclic) bond motifs is 1. The maximum absolute atomic E-state index is 13.1. The summed E-state index contributed by atoms with van der Waals surface area (Å²) >= 11 is 0. The quantitative estimate of drug-likeness (QED) is 0.827. The molecule has 3 N–H and O–H groups in total. The minimum absolute atomic E-state index is 0. The molecule has 26 heavy (non-hydrogen) atoms. The number of carbonyl (C=O) groups is 1. The van der Waals surface area contributed by atoms with Crippen molar-refractivity contribution in [3.05, 3.63) is 41.1 Å². The van der Waals surface area contributed by atoms with Gasteiger partial charge in [0.1, 0.15) is 0 Å². The number of hydrogen-bond donors (Lipinski definition) is 2. The molecule has 7 heteroatoms. The monoisotopic (exact) mass is 399 g/mol. The van der Waals surface area contributed by atoms with Crippen LogP contribution in [0.5, 0.6) is 0 Å². The van der Waals surface area contributed by atoms with Crippen molar-refractivity contribution in [2.24, 2.45) is 11.7 Å². The largest absolute Gasteiger partial charge is 0.396 e. The van der Waals surface area contributed by atoms with Crippen molar-refractivity contribution in [3.63, 3.8) is 0 Å². The van der Waals surface area contributed by atoms with Crippen LogP contribution in [0.25, 0.3) is 10.9 Å². The molecule has 1 amide bonds. The van der Waals surface area contributed by atoms with Gasteiger partial charge in [-0.05, 0) is 49.4 Å². The molecule has 0 aliphatic carbocycles. The van der Waals surface area contributed by atoms with Crippen LogP contribution in [0.3, 0.4) is 0 Å². The first-order chi connectivity index (χ1) is 11.5. The van der Waals surface area contributed by atoms with Gasteiger partial charge in [0, 0.05) is 36.8 Å². The first-order valence-electron chi connectivity index (χ1n) is 8.59. The highest BCUT2D eigenvalue weighted by Gasteiger charge is 2.33. The molecule has 1 aromatic heterocycles. The van der Waals surface area contributed by atoms with Crippen molar-refractivity contribution < 1.29 is 9.90 Å². The van der Waals surface area contributed by atoms with Gasteiger partial charge in [-0.1, -0.05) is 13.0 Å². The van der Waals surface area contributed by atoms with Crippen LogP contribution in [0.15, 0.2) is 24.3 Å². The van der Waals surface area contributed by atoms with Gasteiger partial charge < -0.3 is 15.7 Å². The lowest BCUT2D eigenvalue weighted by atomic mass is 10.0. The maximum atomic E-state index is 13.1. The Morgan fingerprint density at radius 1 is 1.31 bits per heavy atom. The van der Waals surface area contributed by atoms with Gasteiger partial charge in [0.2, 0.25) is 0 Å². The van der Waals surface area contributed by atoms with Crippen LogP contribution in [0.2, 0.25) is 0 Å². The topological polar surface area (TPSA) is 79.5 Å². The third-order valence-corrected chi connectivity index (χ3v) is 4.92. The van der Waals surface area contributed by atoms with Crippen LogP contribution in [0.4, 0.5) is 0 Å². The molecule has 0 radical (unpaired) electrons. The molecule has 3 rings (SSSR count). The van der Waals surface area contributed by atoms with Gasteiger partial charge in [-0.2, -0.15) is 0 Å². The third kappa shape index (κ3) is 4.46. The number of aliphatic hydroxyl groups excluding tert-OH is 1. The van der Waals surface area contributed by atoms with Gasteiger partial charge in [0.05, 0.1) is 11.1 Å². The number of pyridine rings is 1. The highest BCUT2D eigenvalue weighted by atomic mass is 35.5. The van der Waals surface area contributed by atoms with Crippen molar-refractivity contribution in [2.45, 2.75) is 32.7 Å². The van der Waals surface area contributed by atoms with Crippen molar-refractivity contribution in [1.82, 2.24) is 9.88 Å². The highest BCUT2D eigenvalue weighted by molar-refractivity contribution is 6.06. The summed E-state index contributed by atoms with van der Waals surface area (Å²) in [5.41, 5.74) is 9.73. The van der Waals surface area contributed by atoms with E-state index in [1.165, 1.54) is 5.56 Å². The first-order valence-corrected chi connectivity index (χ1v) is 8.59. The molecule has 1 aliphatic rings. The average Bonchev–Trinajstić information content (AvgIpc) is 2.94. The Hall–Kier alpha value is -1.40. The molecular weight excluding hydrogens is 373 g/mol. The summed E-state index contributed by atoms with van der Waals surface area (Å²) in [7, 11) is 0. The Morgan fingerprint density at radius 3 is 2.69 bits per heavy atom. The summed E-state index contributed by atoms with van der Waals surface area (Å²) < 4.78 is 0. The summed E-state index contributed by atoms with van der Waals surface area (Å²) in [4.78, 5) is 19.5. The lowest BCUT2D eigenvalue weighted by Gasteiger charge is -2.18. The first kappa shape index (κ1) is 22.6. The van der Waals surface area contributed by atoms with Crippen LogP contribution in [-0.2, 0) is 6.42 Å². The lowest BCUT2D eigenvalue weighted by Crippen LogP contribution is -2.32. The number of amides is 1. The van der Waals surface area contributed by atoms with E-state index in [0.717, 1.165) is 23.0 Å². The van der Waals surface area contributed by atoms with Gasteiger partial charge in [0.15, 0.2) is 0 Å². The fourth-order valence-corrected chi connectivity index (χ4v) is 3.51. The average molecular weight is 400 g/mol. The van der Waals surface area contributed by atoms with Crippen molar-refractivity contribution >= 4 is 41.6 Å². The van der Waals surface area contributed by atoms with Crippen molar-refractivity contribution in [3.8, 4) is 0 Å². The van der Waals surface area contributed by atoms with Gasteiger partial charge in [0.25, 0.3) is 5.91 Å². The fraction of sp³-hybridized carbons (Fsp3) is 0.474. The fourth-order valence-electron chi connectivity index (χ4n) is 3.51. The molecule has 1 aromatic carbocycles.